The predicted octanol–water partition coefficient (Wildman–Crippen LogP) is 0.783. The number of carbonyl (C=O) groups is 1. The molecule has 1 fully saturated rings. The van der Waals surface area contributed by atoms with E-state index in [9.17, 15) is 13.2 Å². The maximum absolute atomic E-state index is 11.6. The molecule has 0 radical (unpaired) electrons. The molecular formula is C13H18N2O4S. The Balaban J connectivity index is 2.23. The van der Waals surface area contributed by atoms with Crippen molar-refractivity contribution in [3.05, 3.63) is 23.8 Å². The van der Waals surface area contributed by atoms with Crippen LogP contribution in [0.25, 0.3) is 0 Å². The number of sulfone groups is 1. The van der Waals surface area contributed by atoms with Crippen LogP contribution in [0.15, 0.2) is 18.2 Å². The largest absolute Gasteiger partial charge is 0.495 e. The number of amides is 1. The van der Waals surface area contributed by atoms with E-state index in [1.807, 2.05) is 0 Å². The summed E-state index contributed by atoms with van der Waals surface area (Å²) in [4.78, 5) is 11.2. The summed E-state index contributed by atoms with van der Waals surface area (Å²) in [5.41, 5.74) is 6.19. The zero-order chi connectivity index (χ0) is 14.8. The van der Waals surface area contributed by atoms with E-state index in [2.05, 4.69) is 5.32 Å². The standard InChI is InChI=1S/C13H18N2O4S/c1-19-12-5-4-9(13(14)16)7-11(12)15-10-3-2-6-20(17,18)8-10/h4-5,7,10,15H,2-3,6,8H2,1H3,(H2,14,16). The maximum atomic E-state index is 11.6. The number of ether oxygens (including phenoxy) is 1. The van der Waals surface area contributed by atoms with Crippen molar-refractivity contribution >= 4 is 21.4 Å². The molecule has 1 atom stereocenters. The fourth-order valence-corrected chi connectivity index (χ4v) is 3.97. The Bertz CT molecular complexity index is 613. The number of anilines is 1. The molecule has 1 unspecified atom stereocenters. The molecule has 1 aliphatic rings. The van der Waals surface area contributed by atoms with E-state index in [4.69, 9.17) is 10.5 Å². The van der Waals surface area contributed by atoms with Crippen molar-refractivity contribution in [2.45, 2.75) is 18.9 Å². The van der Waals surface area contributed by atoms with Crippen LogP contribution in [0, 0.1) is 0 Å². The number of nitrogens with one attached hydrogen (secondary N) is 1. The van der Waals surface area contributed by atoms with Gasteiger partial charge in [-0.25, -0.2) is 8.42 Å². The molecule has 1 amide bonds. The van der Waals surface area contributed by atoms with Gasteiger partial charge < -0.3 is 15.8 Å². The number of methoxy groups -OCH3 is 1. The van der Waals surface area contributed by atoms with E-state index in [-0.39, 0.29) is 17.5 Å². The SMILES string of the molecule is COc1ccc(C(N)=O)cc1NC1CCCS(=O)(=O)C1. The lowest BCUT2D eigenvalue weighted by Gasteiger charge is -2.25. The van der Waals surface area contributed by atoms with E-state index in [1.165, 1.54) is 7.11 Å². The highest BCUT2D eigenvalue weighted by Gasteiger charge is 2.25. The molecule has 6 nitrogen and oxygen atoms in total. The van der Waals surface area contributed by atoms with Crippen molar-refractivity contribution < 1.29 is 17.9 Å². The van der Waals surface area contributed by atoms with Gasteiger partial charge in [0.2, 0.25) is 5.91 Å². The Labute approximate surface area is 118 Å². The normalized spacial score (nSPS) is 21.1. The summed E-state index contributed by atoms with van der Waals surface area (Å²) in [5.74, 6) is 0.352. The molecule has 0 aromatic heterocycles. The zero-order valence-corrected chi connectivity index (χ0v) is 12.1. The molecule has 1 saturated heterocycles. The van der Waals surface area contributed by atoms with Crippen LogP contribution in [0.3, 0.4) is 0 Å². The molecule has 0 spiro atoms. The van der Waals surface area contributed by atoms with Crippen molar-refractivity contribution in [1.82, 2.24) is 0 Å². The van der Waals surface area contributed by atoms with Gasteiger partial charge in [-0.3, -0.25) is 4.79 Å². The van der Waals surface area contributed by atoms with Crippen LogP contribution < -0.4 is 15.8 Å². The van der Waals surface area contributed by atoms with Crippen molar-refractivity contribution in [2.75, 3.05) is 23.9 Å². The van der Waals surface area contributed by atoms with E-state index in [0.717, 1.165) is 6.42 Å². The minimum atomic E-state index is -2.99. The molecule has 2 rings (SSSR count). The smallest absolute Gasteiger partial charge is 0.248 e. The van der Waals surface area contributed by atoms with Gasteiger partial charge in [-0.05, 0) is 31.0 Å². The third-order valence-corrected chi connectivity index (χ3v) is 5.13. The number of hydrogen-bond donors (Lipinski definition) is 2. The molecule has 1 heterocycles. The maximum Gasteiger partial charge on any atom is 0.248 e. The molecule has 0 saturated carbocycles. The summed E-state index contributed by atoms with van der Waals surface area (Å²) in [6.07, 6.45) is 1.40. The quantitative estimate of drug-likeness (QED) is 0.856. The van der Waals surface area contributed by atoms with Crippen molar-refractivity contribution in [3.63, 3.8) is 0 Å². The highest BCUT2D eigenvalue weighted by molar-refractivity contribution is 7.91. The number of hydrogen-bond acceptors (Lipinski definition) is 5. The minimum absolute atomic E-state index is 0.0942. The average Bonchev–Trinajstić information content (AvgIpc) is 2.37. The Morgan fingerprint density at radius 3 is 2.80 bits per heavy atom. The average molecular weight is 298 g/mol. The van der Waals surface area contributed by atoms with Crippen LogP contribution >= 0.6 is 0 Å². The Kier molecular flexibility index (Phi) is 4.17. The molecule has 1 aromatic carbocycles. The second kappa shape index (κ2) is 5.70. The van der Waals surface area contributed by atoms with Crippen LogP contribution in [-0.2, 0) is 9.84 Å². The van der Waals surface area contributed by atoms with Gasteiger partial charge >= 0.3 is 0 Å². The number of carbonyl (C=O) groups excluding carboxylic acids is 1. The van der Waals surface area contributed by atoms with Gasteiger partial charge in [-0.15, -0.1) is 0 Å². The molecule has 0 bridgehead atoms. The first-order chi connectivity index (χ1) is 9.41. The van der Waals surface area contributed by atoms with Gasteiger partial charge in [0.05, 0.1) is 24.3 Å². The van der Waals surface area contributed by atoms with Gasteiger partial charge in [-0.1, -0.05) is 0 Å². The Morgan fingerprint density at radius 1 is 1.45 bits per heavy atom. The first-order valence-electron chi connectivity index (χ1n) is 6.36. The van der Waals surface area contributed by atoms with Crippen molar-refractivity contribution in [1.29, 1.82) is 0 Å². The van der Waals surface area contributed by atoms with Crippen LogP contribution in [0.5, 0.6) is 5.75 Å². The fraction of sp³-hybridized carbons (Fsp3) is 0.462. The van der Waals surface area contributed by atoms with Crippen LogP contribution in [0.1, 0.15) is 23.2 Å². The first-order valence-corrected chi connectivity index (χ1v) is 8.18. The predicted molar refractivity (Wildman–Crippen MR) is 76.8 cm³/mol. The van der Waals surface area contributed by atoms with E-state index >= 15 is 0 Å². The van der Waals surface area contributed by atoms with Crippen LogP contribution in [0.2, 0.25) is 0 Å². The summed E-state index contributed by atoms with van der Waals surface area (Å²) >= 11 is 0. The minimum Gasteiger partial charge on any atom is -0.495 e. The molecule has 1 aromatic rings. The lowest BCUT2D eigenvalue weighted by atomic mass is 10.1. The highest BCUT2D eigenvalue weighted by atomic mass is 32.2. The van der Waals surface area contributed by atoms with Crippen LogP contribution in [0.4, 0.5) is 5.69 Å². The number of nitrogens with two attached hydrogens (primary N) is 1. The van der Waals surface area contributed by atoms with Crippen molar-refractivity contribution in [2.24, 2.45) is 5.73 Å². The van der Waals surface area contributed by atoms with E-state index in [0.29, 0.717) is 23.4 Å². The Morgan fingerprint density at radius 2 is 2.20 bits per heavy atom. The zero-order valence-electron chi connectivity index (χ0n) is 11.3. The molecular weight excluding hydrogens is 280 g/mol. The second-order valence-corrected chi connectivity index (χ2v) is 7.11. The Hall–Kier alpha value is -1.76. The molecule has 7 heteroatoms. The number of benzene rings is 1. The summed E-state index contributed by atoms with van der Waals surface area (Å²) in [6, 6.07) is 4.62. The summed E-state index contributed by atoms with van der Waals surface area (Å²) < 4.78 is 28.5. The first kappa shape index (κ1) is 14.6. The lowest BCUT2D eigenvalue weighted by Crippen LogP contribution is -2.35. The molecule has 0 aliphatic carbocycles. The van der Waals surface area contributed by atoms with Gasteiger partial charge in [0.1, 0.15) is 5.75 Å². The fourth-order valence-electron chi connectivity index (χ4n) is 2.33. The topological polar surface area (TPSA) is 98.5 Å². The third-order valence-electron chi connectivity index (χ3n) is 3.31. The second-order valence-electron chi connectivity index (χ2n) is 4.88. The van der Waals surface area contributed by atoms with Crippen LogP contribution in [-0.4, -0.2) is 39.0 Å². The van der Waals surface area contributed by atoms with Gasteiger partial charge in [0, 0.05) is 11.6 Å². The molecule has 1 aliphatic heterocycles. The highest BCUT2D eigenvalue weighted by Crippen LogP contribution is 2.28. The van der Waals surface area contributed by atoms with Gasteiger partial charge in [0.25, 0.3) is 0 Å². The number of rotatable bonds is 4. The summed E-state index contributed by atoms with van der Waals surface area (Å²) in [5, 5.41) is 3.14. The monoisotopic (exact) mass is 298 g/mol. The third kappa shape index (κ3) is 3.41. The lowest BCUT2D eigenvalue weighted by molar-refractivity contribution is 0.100. The number of primary amides is 1. The van der Waals surface area contributed by atoms with E-state index in [1.54, 1.807) is 18.2 Å². The molecule has 3 N–H and O–H groups in total. The van der Waals surface area contributed by atoms with Crippen molar-refractivity contribution in [3.8, 4) is 5.75 Å². The summed E-state index contributed by atoms with van der Waals surface area (Å²) in [7, 11) is -1.48. The molecule has 20 heavy (non-hydrogen) atoms. The van der Waals surface area contributed by atoms with E-state index < -0.39 is 15.7 Å². The summed E-state index contributed by atoms with van der Waals surface area (Å²) in [6.45, 7) is 0. The van der Waals surface area contributed by atoms with Gasteiger partial charge in [0.15, 0.2) is 9.84 Å². The van der Waals surface area contributed by atoms with Gasteiger partial charge in [-0.2, -0.15) is 0 Å². The molecule has 110 valence electrons.